The van der Waals surface area contributed by atoms with Crippen LogP contribution in [0.25, 0.3) is 21.3 Å². The Kier molecular flexibility index (Phi) is 2.94. The van der Waals surface area contributed by atoms with Crippen LogP contribution in [0.3, 0.4) is 0 Å². The lowest BCUT2D eigenvalue weighted by Crippen LogP contribution is -1.86. The van der Waals surface area contributed by atoms with Gasteiger partial charge in [0, 0.05) is 23.3 Å². The fraction of sp³-hybridized carbons (Fsp3) is 0. The number of fused-ring (bicyclic) bond motifs is 1. The Labute approximate surface area is 126 Å². The zero-order valence-electron chi connectivity index (χ0n) is 11.2. The molecule has 0 spiro atoms. The SMILES string of the molecule is c1ccc(-c2cnc(Nc3c[nH]c4ccccc34)s2)cc1. The van der Waals surface area contributed by atoms with Crippen molar-refractivity contribution in [1.29, 1.82) is 0 Å². The maximum atomic E-state index is 4.47. The number of para-hydroxylation sites is 1. The van der Waals surface area contributed by atoms with Gasteiger partial charge in [0.25, 0.3) is 0 Å². The molecule has 2 aromatic carbocycles. The minimum atomic E-state index is 0.901. The fourth-order valence-electron chi connectivity index (χ4n) is 2.36. The largest absolute Gasteiger partial charge is 0.359 e. The predicted molar refractivity (Wildman–Crippen MR) is 89.1 cm³/mol. The lowest BCUT2D eigenvalue weighted by atomic mass is 10.2. The summed E-state index contributed by atoms with van der Waals surface area (Å²) in [6.07, 6.45) is 3.89. The molecule has 0 amide bonds. The van der Waals surface area contributed by atoms with E-state index < -0.39 is 0 Å². The highest BCUT2D eigenvalue weighted by molar-refractivity contribution is 7.19. The number of rotatable bonds is 3. The van der Waals surface area contributed by atoms with E-state index in [0.717, 1.165) is 21.2 Å². The molecule has 102 valence electrons. The highest BCUT2D eigenvalue weighted by Gasteiger charge is 2.07. The molecule has 3 nitrogen and oxygen atoms in total. The summed E-state index contributed by atoms with van der Waals surface area (Å²) in [7, 11) is 0. The second-order valence-corrected chi connectivity index (χ2v) is 5.80. The van der Waals surface area contributed by atoms with Gasteiger partial charge in [0.15, 0.2) is 5.13 Å². The number of hydrogen-bond acceptors (Lipinski definition) is 3. The molecule has 4 rings (SSSR count). The standard InChI is InChI=1S/C17H13N3S/c1-2-6-12(7-3-1)16-11-19-17(21-16)20-15-10-18-14-9-5-4-8-13(14)15/h1-11,18H,(H,19,20). The number of nitrogens with one attached hydrogen (secondary N) is 2. The van der Waals surface area contributed by atoms with E-state index in [2.05, 4.69) is 39.6 Å². The molecule has 0 bridgehead atoms. The average Bonchev–Trinajstić information content (AvgIpc) is 3.17. The van der Waals surface area contributed by atoms with E-state index in [4.69, 9.17) is 0 Å². The smallest absolute Gasteiger partial charge is 0.187 e. The van der Waals surface area contributed by atoms with E-state index in [1.54, 1.807) is 11.3 Å². The first-order valence-corrected chi connectivity index (χ1v) is 7.56. The van der Waals surface area contributed by atoms with Crippen LogP contribution < -0.4 is 5.32 Å². The Morgan fingerprint density at radius 3 is 2.67 bits per heavy atom. The normalized spacial score (nSPS) is 10.9. The Bertz CT molecular complexity index is 877. The van der Waals surface area contributed by atoms with Crippen LogP contribution in [0.1, 0.15) is 0 Å². The third kappa shape index (κ3) is 2.30. The van der Waals surface area contributed by atoms with Crippen molar-refractivity contribution in [2.24, 2.45) is 0 Å². The number of H-pyrrole nitrogens is 1. The molecule has 2 aromatic heterocycles. The van der Waals surface area contributed by atoms with Crippen molar-refractivity contribution >= 4 is 33.1 Å². The lowest BCUT2D eigenvalue weighted by Gasteiger charge is -1.99. The molecule has 0 atom stereocenters. The first-order chi connectivity index (χ1) is 10.4. The molecule has 0 saturated carbocycles. The molecular formula is C17H13N3S. The summed E-state index contributed by atoms with van der Waals surface area (Å²) in [5, 5.41) is 5.47. The zero-order chi connectivity index (χ0) is 14.1. The third-order valence-corrected chi connectivity index (χ3v) is 4.36. The average molecular weight is 291 g/mol. The summed E-state index contributed by atoms with van der Waals surface area (Å²) in [6.45, 7) is 0. The highest BCUT2D eigenvalue weighted by atomic mass is 32.1. The first-order valence-electron chi connectivity index (χ1n) is 6.74. The second-order valence-electron chi connectivity index (χ2n) is 4.77. The maximum absolute atomic E-state index is 4.47. The maximum Gasteiger partial charge on any atom is 0.187 e. The van der Waals surface area contributed by atoms with Gasteiger partial charge in [-0.05, 0) is 11.6 Å². The summed E-state index contributed by atoms with van der Waals surface area (Å²) in [4.78, 5) is 8.89. The topological polar surface area (TPSA) is 40.7 Å². The zero-order valence-corrected chi connectivity index (χ0v) is 12.0. The van der Waals surface area contributed by atoms with E-state index in [0.29, 0.717) is 0 Å². The van der Waals surface area contributed by atoms with Crippen LogP contribution in [0.2, 0.25) is 0 Å². The van der Waals surface area contributed by atoms with Gasteiger partial charge in [0.1, 0.15) is 0 Å². The van der Waals surface area contributed by atoms with Gasteiger partial charge in [-0.2, -0.15) is 0 Å². The number of aromatic amines is 1. The van der Waals surface area contributed by atoms with Gasteiger partial charge in [0.2, 0.25) is 0 Å². The fourth-order valence-corrected chi connectivity index (χ4v) is 3.19. The van der Waals surface area contributed by atoms with Crippen LogP contribution >= 0.6 is 11.3 Å². The Balaban J connectivity index is 1.65. The van der Waals surface area contributed by atoms with Gasteiger partial charge in [0.05, 0.1) is 10.6 Å². The molecular weight excluding hydrogens is 278 g/mol. The molecule has 4 aromatic rings. The summed E-state index contributed by atoms with van der Waals surface area (Å²) < 4.78 is 0. The van der Waals surface area contributed by atoms with Crippen molar-refractivity contribution in [2.75, 3.05) is 5.32 Å². The van der Waals surface area contributed by atoms with Crippen molar-refractivity contribution in [3.05, 3.63) is 67.0 Å². The van der Waals surface area contributed by atoms with Gasteiger partial charge < -0.3 is 10.3 Å². The minimum absolute atomic E-state index is 0.901. The number of aromatic nitrogens is 2. The molecule has 2 N–H and O–H groups in total. The summed E-state index contributed by atoms with van der Waals surface area (Å²) in [5.74, 6) is 0. The van der Waals surface area contributed by atoms with Gasteiger partial charge >= 0.3 is 0 Å². The summed E-state index contributed by atoms with van der Waals surface area (Å²) in [5.41, 5.74) is 3.38. The number of thiazole rings is 1. The highest BCUT2D eigenvalue weighted by Crippen LogP contribution is 2.32. The van der Waals surface area contributed by atoms with E-state index in [1.807, 2.05) is 42.7 Å². The minimum Gasteiger partial charge on any atom is -0.359 e. The molecule has 2 heterocycles. The Hall–Kier alpha value is -2.59. The number of nitrogens with zero attached hydrogens (tertiary/aromatic N) is 1. The van der Waals surface area contributed by atoms with Gasteiger partial charge in [-0.3, -0.25) is 0 Å². The van der Waals surface area contributed by atoms with Crippen LogP contribution in [-0.4, -0.2) is 9.97 Å². The van der Waals surface area contributed by atoms with E-state index in [1.165, 1.54) is 10.9 Å². The third-order valence-electron chi connectivity index (χ3n) is 3.39. The molecule has 0 aliphatic heterocycles. The lowest BCUT2D eigenvalue weighted by molar-refractivity contribution is 1.39. The number of anilines is 2. The Morgan fingerprint density at radius 1 is 0.952 bits per heavy atom. The molecule has 0 aliphatic carbocycles. The van der Waals surface area contributed by atoms with Crippen LogP contribution in [0.15, 0.2) is 67.0 Å². The van der Waals surface area contributed by atoms with Crippen LogP contribution in [0.4, 0.5) is 10.8 Å². The first kappa shape index (κ1) is 12.2. The molecule has 0 unspecified atom stereocenters. The molecule has 0 aliphatic rings. The van der Waals surface area contributed by atoms with Crippen molar-refractivity contribution in [3.8, 4) is 10.4 Å². The molecule has 0 radical (unpaired) electrons. The second kappa shape index (κ2) is 5.07. The van der Waals surface area contributed by atoms with Crippen molar-refractivity contribution in [3.63, 3.8) is 0 Å². The van der Waals surface area contributed by atoms with Gasteiger partial charge in [-0.25, -0.2) is 4.98 Å². The van der Waals surface area contributed by atoms with Crippen molar-refractivity contribution in [2.45, 2.75) is 0 Å². The molecule has 0 saturated heterocycles. The van der Waals surface area contributed by atoms with E-state index in [-0.39, 0.29) is 0 Å². The predicted octanol–water partition coefficient (Wildman–Crippen LogP) is 5.04. The van der Waals surface area contributed by atoms with E-state index >= 15 is 0 Å². The quantitative estimate of drug-likeness (QED) is 0.555. The molecule has 21 heavy (non-hydrogen) atoms. The van der Waals surface area contributed by atoms with Crippen LogP contribution in [0, 0.1) is 0 Å². The number of benzene rings is 2. The summed E-state index contributed by atoms with van der Waals surface area (Å²) in [6, 6.07) is 18.5. The van der Waals surface area contributed by atoms with Crippen LogP contribution in [0.5, 0.6) is 0 Å². The van der Waals surface area contributed by atoms with Crippen molar-refractivity contribution in [1.82, 2.24) is 9.97 Å². The monoisotopic (exact) mass is 291 g/mol. The number of hydrogen-bond donors (Lipinski definition) is 2. The Morgan fingerprint density at radius 2 is 1.76 bits per heavy atom. The molecule has 0 fully saturated rings. The van der Waals surface area contributed by atoms with Gasteiger partial charge in [-0.1, -0.05) is 59.9 Å². The summed E-state index contributed by atoms with van der Waals surface area (Å²) >= 11 is 1.66. The van der Waals surface area contributed by atoms with Crippen LogP contribution in [-0.2, 0) is 0 Å². The van der Waals surface area contributed by atoms with Gasteiger partial charge in [-0.15, -0.1) is 0 Å². The van der Waals surface area contributed by atoms with Crippen molar-refractivity contribution < 1.29 is 0 Å². The molecule has 4 heteroatoms. The van der Waals surface area contributed by atoms with E-state index in [9.17, 15) is 0 Å².